The number of nitrogens with one attached hydrogen (secondary N) is 2. The van der Waals surface area contributed by atoms with Crippen molar-refractivity contribution >= 4 is 33.2 Å². The standard InChI is InChI=1S/C19H22BrN3O/c1-13-11-15(7-8-17(13)20)22-16-9-10-21-18(12-16)19(24)23-14-5-3-2-4-6-14/h7-12,14H,2-6H2,1H3,(H,21,22)(H,23,24). The summed E-state index contributed by atoms with van der Waals surface area (Å²) in [4.78, 5) is 16.6. The predicted octanol–water partition coefficient (Wildman–Crippen LogP) is 4.96. The Kier molecular flexibility index (Phi) is 5.51. The van der Waals surface area contributed by atoms with Crippen LogP contribution in [-0.4, -0.2) is 16.9 Å². The summed E-state index contributed by atoms with van der Waals surface area (Å²) < 4.78 is 1.08. The highest BCUT2D eigenvalue weighted by molar-refractivity contribution is 9.10. The van der Waals surface area contributed by atoms with Crippen molar-refractivity contribution < 1.29 is 4.79 Å². The van der Waals surface area contributed by atoms with E-state index in [0.717, 1.165) is 34.3 Å². The summed E-state index contributed by atoms with van der Waals surface area (Å²) >= 11 is 3.50. The summed E-state index contributed by atoms with van der Waals surface area (Å²) in [6.07, 6.45) is 7.48. The number of carbonyl (C=O) groups excluding carboxylic acids is 1. The lowest BCUT2D eigenvalue weighted by atomic mass is 9.95. The van der Waals surface area contributed by atoms with Crippen LogP contribution >= 0.6 is 15.9 Å². The molecule has 4 nitrogen and oxygen atoms in total. The quantitative estimate of drug-likeness (QED) is 0.779. The smallest absolute Gasteiger partial charge is 0.270 e. The minimum atomic E-state index is -0.0856. The number of hydrogen-bond acceptors (Lipinski definition) is 3. The van der Waals surface area contributed by atoms with Gasteiger partial charge in [-0.1, -0.05) is 35.2 Å². The summed E-state index contributed by atoms with van der Waals surface area (Å²) in [5.41, 5.74) is 3.46. The van der Waals surface area contributed by atoms with Crippen LogP contribution in [0, 0.1) is 6.92 Å². The van der Waals surface area contributed by atoms with Gasteiger partial charge in [-0.05, 0) is 55.7 Å². The number of hydrogen-bond donors (Lipinski definition) is 2. The molecule has 1 fully saturated rings. The molecular formula is C19H22BrN3O. The second-order valence-electron chi connectivity index (χ2n) is 6.33. The SMILES string of the molecule is Cc1cc(Nc2ccnc(C(=O)NC3CCCCC3)c2)ccc1Br. The molecule has 1 aromatic carbocycles. The first-order chi connectivity index (χ1) is 11.6. The lowest BCUT2D eigenvalue weighted by Gasteiger charge is -2.22. The third-order valence-electron chi connectivity index (χ3n) is 4.38. The molecule has 2 aromatic rings. The molecule has 2 N–H and O–H groups in total. The number of halogens is 1. The van der Waals surface area contributed by atoms with Gasteiger partial charge < -0.3 is 10.6 Å². The van der Waals surface area contributed by atoms with Crippen molar-refractivity contribution in [3.05, 3.63) is 52.3 Å². The van der Waals surface area contributed by atoms with Gasteiger partial charge in [-0.25, -0.2) is 0 Å². The molecule has 0 radical (unpaired) electrons. The number of carbonyl (C=O) groups is 1. The van der Waals surface area contributed by atoms with Gasteiger partial charge in [-0.15, -0.1) is 0 Å². The molecule has 5 heteroatoms. The van der Waals surface area contributed by atoms with Gasteiger partial charge in [0.15, 0.2) is 0 Å². The zero-order chi connectivity index (χ0) is 16.9. The topological polar surface area (TPSA) is 54.0 Å². The van der Waals surface area contributed by atoms with Crippen molar-refractivity contribution in [2.75, 3.05) is 5.32 Å². The Hall–Kier alpha value is -1.88. The first-order valence-corrected chi connectivity index (χ1v) is 9.21. The average molecular weight is 388 g/mol. The monoisotopic (exact) mass is 387 g/mol. The van der Waals surface area contributed by atoms with E-state index in [0.29, 0.717) is 11.7 Å². The number of pyridine rings is 1. The van der Waals surface area contributed by atoms with Crippen LogP contribution in [0.15, 0.2) is 41.0 Å². The number of benzene rings is 1. The minimum absolute atomic E-state index is 0.0856. The highest BCUT2D eigenvalue weighted by Crippen LogP contribution is 2.23. The van der Waals surface area contributed by atoms with E-state index in [1.165, 1.54) is 19.3 Å². The number of nitrogens with zero attached hydrogens (tertiary/aromatic N) is 1. The van der Waals surface area contributed by atoms with Crippen molar-refractivity contribution in [3.8, 4) is 0 Å². The maximum absolute atomic E-state index is 12.4. The van der Waals surface area contributed by atoms with Crippen LogP contribution in [0.3, 0.4) is 0 Å². The second kappa shape index (κ2) is 7.79. The van der Waals surface area contributed by atoms with Gasteiger partial charge in [0.25, 0.3) is 5.91 Å². The molecule has 1 saturated carbocycles. The first-order valence-electron chi connectivity index (χ1n) is 8.42. The highest BCUT2D eigenvalue weighted by Gasteiger charge is 2.17. The van der Waals surface area contributed by atoms with Crippen molar-refractivity contribution in [3.63, 3.8) is 0 Å². The number of rotatable bonds is 4. The van der Waals surface area contributed by atoms with Gasteiger partial charge in [-0.3, -0.25) is 9.78 Å². The molecule has 24 heavy (non-hydrogen) atoms. The number of anilines is 2. The molecule has 0 unspecified atom stereocenters. The molecule has 0 spiro atoms. The summed E-state index contributed by atoms with van der Waals surface area (Å²) in [6, 6.07) is 10.0. The van der Waals surface area contributed by atoms with Crippen LogP contribution in [0.4, 0.5) is 11.4 Å². The van der Waals surface area contributed by atoms with Gasteiger partial charge in [0, 0.05) is 28.1 Å². The van der Waals surface area contributed by atoms with Gasteiger partial charge in [-0.2, -0.15) is 0 Å². The van der Waals surface area contributed by atoms with Crippen LogP contribution in [0.1, 0.15) is 48.2 Å². The molecule has 1 aliphatic carbocycles. The fraction of sp³-hybridized carbons (Fsp3) is 0.368. The zero-order valence-electron chi connectivity index (χ0n) is 13.8. The number of aromatic nitrogens is 1. The van der Waals surface area contributed by atoms with Gasteiger partial charge in [0.05, 0.1) is 0 Å². The molecule has 1 heterocycles. The molecule has 0 saturated heterocycles. The lowest BCUT2D eigenvalue weighted by Crippen LogP contribution is -2.36. The highest BCUT2D eigenvalue weighted by atomic mass is 79.9. The maximum Gasteiger partial charge on any atom is 0.270 e. The Bertz CT molecular complexity index is 726. The Morgan fingerprint density at radius 2 is 1.88 bits per heavy atom. The first kappa shape index (κ1) is 17.0. The van der Waals surface area contributed by atoms with Crippen LogP contribution in [0.25, 0.3) is 0 Å². The molecule has 0 atom stereocenters. The van der Waals surface area contributed by atoms with Gasteiger partial charge in [0.2, 0.25) is 0 Å². The summed E-state index contributed by atoms with van der Waals surface area (Å²) in [5.74, 6) is -0.0856. The summed E-state index contributed by atoms with van der Waals surface area (Å²) in [5, 5.41) is 6.44. The predicted molar refractivity (Wildman–Crippen MR) is 101 cm³/mol. The molecule has 0 aliphatic heterocycles. The summed E-state index contributed by atoms with van der Waals surface area (Å²) in [6.45, 7) is 2.05. The van der Waals surface area contributed by atoms with Crippen molar-refractivity contribution in [1.82, 2.24) is 10.3 Å². The Balaban J connectivity index is 1.68. The van der Waals surface area contributed by atoms with Crippen LogP contribution in [0.2, 0.25) is 0 Å². The van der Waals surface area contributed by atoms with E-state index in [1.54, 1.807) is 12.3 Å². The molecular weight excluding hydrogens is 366 g/mol. The van der Waals surface area contributed by atoms with E-state index in [9.17, 15) is 4.79 Å². The zero-order valence-corrected chi connectivity index (χ0v) is 15.4. The molecule has 0 bridgehead atoms. The third kappa shape index (κ3) is 4.35. The molecule has 1 aliphatic rings. The largest absolute Gasteiger partial charge is 0.355 e. The molecule has 1 amide bonds. The van der Waals surface area contributed by atoms with Crippen LogP contribution in [0.5, 0.6) is 0 Å². The fourth-order valence-electron chi connectivity index (χ4n) is 3.03. The van der Waals surface area contributed by atoms with E-state index >= 15 is 0 Å². The normalized spacial score (nSPS) is 15.1. The van der Waals surface area contributed by atoms with E-state index in [4.69, 9.17) is 0 Å². The van der Waals surface area contributed by atoms with Gasteiger partial charge in [0.1, 0.15) is 5.69 Å². The van der Waals surface area contributed by atoms with Crippen LogP contribution < -0.4 is 10.6 Å². The third-order valence-corrected chi connectivity index (χ3v) is 5.27. The Morgan fingerprint density at radius 1 is 1.12 bits per heavy atom. The number of amides is 1. The average Bonchev–Trinajstić information content (AvgIpc) is 2.59. The van der Waals surface area contributed by atoms with Crippen LogP contribution in [-0.2, 0) is 0 Å². The molecule has 126 valence electrons. The van der Waals surface area contributed by atoms with E-state index < -0.39 is 0 Å². The van der Waals surface area contributed by atoms with E-state index in [-0.39, 0.29) is 5.91 Å². The van der Waals surface area contributed by atoms with Gasteiger partial charge >= 0.3 is 0 Å². The molecule has 3 rings (SSSR count). The van der Waals surface area contributed by atoms with Crippen molar-refractivity contribution in [2.45, 2.75) is 45.1 Å². The van der Waals surface area contributed by atoms with E-state index in [1.807, 2.05) is 25.1 Å². The molecule has 1 aromatic heterocycles. The Morgan fingerprint density at radius 3 is 2.62 bits per heavy atom. The minimum Gasteiger partial charge on any atom is -0.355 e. The van der Waals surface area contributed by atoms with E-state index in [2.05, 4.69) is 37.6 Å². The lowest BCUT2D eigenvalue weighted by molar-refractivity contribution is 0.0922. The van der Waals surface area contributed by atoms with Crippen molar-refractivity contribution in [2.24, 2.45) is 0 Å². The Labute approximate surface area is 151 Å². The second-order valence-corrected chi connectivity index (χ2v) is 7.18. The summed E-state index contributed by atoms with van der Waals surface area (Å²) in [7, 11) is 0. The fourth-order valence-corrected chi connectivity index (χ4v) is 3.27. The van der Waals surface area contributed by atoms with Crippen molar-refractivity contribution in [1.29, 1.82) is 0 Å². The maximum atomic E-state index is 12.4. The number of aryl methyl sites for hydroxylation is 1.